The number of rotatable bonds is 1. The van der Waals surface area contributed by atoms with E-state index in [1.807, 2.05) is 0 Å². The number of terminal acetylenes is 1. The van der Waals surface area contributed by atoms with Crippen molar-refractivity contribution in [2.75, 3.05) is 6.54 Å². The molecule has 1 nitrogen and oxygen atoms in total. The van der Waals surface area contributed by atoms with E-state index in [2.05, 4.69) is 70.3 Å². The molecule has 0 amide bonds. The molecule has 0 aliphatic carbocycles. The van der Waals surface area contributed by atoms with Gasteiger partial charge in [0.05, 0.1) is 0 Å². The molecule has 0 saturated heterocycles. The first-order valence-corrected chi connectivity index (χ1v) is 6.69. The van der Waals surface area contributed by atoms with Crippen LogP contribution in [0.1, 0.15) is 37.5 Å². The van der Waals surface area contributed by atoms with E-state index in [4.69, 9.17) is 0 Å². The number of fused-ring (bicyclic) bond motifs is 1. The largest absolute Gasteiger partial charge is 0.312 e. The van der Waals surface area contributed by atoms with Crippen molar-refractivity contribution in [1.29, 1.82) is 0 Å². The molecule has 1 aromatic carbocycles. The van der Waals surface area contributed by atoms with Crippen LogP contribution in [0.5, 0.6) is 0 Å². The second-order valence-corrected chi connectivity index (χ2v) is 5.77. The Labute approximate surface area is 119 Å². The lowest BCUT2D eigenvalue weighted by Gasteiger charge is -2.21. The predicted molar refractivity (Wildman–Crippen MR) is 86.2 cm³/mol. The maximum Gasteiger partial charge on any atom is 0.0208 e. The molecule has 0 atom stereocenters. The van der Waals surface area contributed by atoms with Gasteiger partial charge in [-0.15, -0.1) is 26.0 Å². The SMILES string of the molecule is C#C.C=C.CC(C)(C)Cc1ccc2c(c1)CCNC2. The third kappa shape index (κ3) is 6.27. The molecule has 0 saturated carbocycles. The molecule has 2 rings (SSSR count). The molecular formula is C18H27N. The summed E-state index contributed by atoms with van der Waals surface area (Å²) in [7, 11) is 0. The van der Waals surface area contributed by atoms with Crippen LogP contribution in [0.15, 0.2) is 31.4 Å². The van der Waals surface area contributed by atoms with Crippen molar-refractivity contribution in [2.24, 2.45) is 5.41 Å². The van der Waals surface area contributed by atoms with Crippen LogP contribution in [-0.4, -0.2) is 6.54 Å². The van der Waals surface area contributed by atoms with Crippen molar-refractivity contribution in [3.63, 3.8) is 0 Å². The average molecular weight is 257 g/mol. The predicted octanol–water partition coefficient (Wildman–Crippen LogP) is 3.97. The van der Waals surface area contributed by atoms with E-state index in [9.17, 15) is 0 Å². The summed E-state index contributed by atoms with van der Waals surface area (Å²) >= 11 is 0. The third-order valence-electron chi connectivity index (χ3n) is 2.89. The monoisotopic (exact) mass is 257 g/mol. The van der Waals surface area contributed by atoms with E-state index >= 15 is 0 Å². The van der Waals surface area contributed by atoms with Crippen LogP contribution in [0, 0.1) is 18.3 Å². The Morgan fingerprint density at radius 2 is 1.79 bits per heavy atom. The summed E-state index contributed by atoms with van der Waals surface area (Å²) in [5, 5.41) is 3.41. The molecule has 0 spiro atoms. The minimum absolute atomic E-state index is 0.390. The van der Waals surface area contributed by atoms with Crippen LogP contribution >= 0.6 is 0 Å². The minimum Gasteiger partial charge on any atom is -0.312 e. The van der Waals surface area contributed by atoms with Gasteiger partial charge in [0, 0.05) is 6.54 Å². The summed E-state index contributed by atoms with van der Waals surface area (Å²) in [6.07, 6.45) is 10.4. The van der Waals surface area contributed by atoms with Crippen molar-refractivity contribution in [1.82, 2.24) is 5.32 Å². The van der Waals surface area contributed by atoms with Crippen molar-refractivity contribution in [2.45, 2.75) is 40.2 Å². The van der Waals surface area contributed by atoms with Crippen LogP contribution in [0.3, 0.4) is 0 Å². The first-order chi connectivity index (χ1) is 9.04. The number of hydrogen-bond acceptors (Lipinski definition) is 1. The zero-order chi connectivity index (χ0) is 14.9. The fraction of sp³-hybridized carbons (Fsp3) is 0.444. The van der Waals surface area contributed by atoms with Crippen molar-refractivity contribution < 1.29 is 0 Å². The number of hydrogen-bond donors (Lipinski definition) is 1. The third-order valence-corrected chi connectivity index (χ3v) is 2.89. The Morgan fingerprint density at radius 3 is 2.37 bits per heavy atom. The minimum atomic E-state index is 0.390. The molecule has 1 heterocycles. The maximum atomic E-state index is 4.00. The summed E-state index contributed by atoms with van der Waals surface area (Å²) in [5.41, 5.74) is 4.92. The Bertz CT molecular complexity index is 396. The Hall–Kier alpha value is -1.52. The van der Waals surface area contributed by atoms with Gasteiger partial charge in [-0.05, 0) is 41.5 Å². The van der Waals surface area contributed by atoms with E-state index < -0.39 is 0 Å². The Balaban J connectivity index is 0.000000741. The molecule has 1 aliphatic heterocycles. The van der Waals surface area contributed by atoms with Crippen molar-refractivity contribution in [3.05, 3.63) is 48.0 Å². The fourth-order valence-electron chi connectivity index (χ4n) is 2.25. The average Bonchev–Trinajstić information content (AvgIpc) is 2.41. The van der Waals surface area contributed by atoms with E-state index in [1.54, 1.807) is 5.56 Å². The summed E-state index contributed by atoms with van der Waals surface area (Å²) in [6, 6.07) is 6.99. The molecule has 0 bridgehead atoms. The van der Waals surface area contributed by atoms with Crippen LogP contribution in [-0.2, 0) is 19.4 Å². The van der Waals surface area contributed by atoms with Gasteiger partial charge in [0.25, 0.3) is 0 Å². The smallest absolute Gasteiger partial charge is 0.0208 e. The Morgan fingerprint density at radius 1 is 1.16 bits per heavy atom. The normalized spacial score (nSPS) is 13.1. The molecular weight excluding hydrogens is 230 g/mol. The molecule has 19 heavy (non-hydrogen) atoms. The first-order valence-electron chi connectivity index (χ1n) is 6.69. The van der Waals surface area contributed by atoms with Gasteiger partial charge in [-0.1, -0.05) is 39.0 Å². The van der Waals surface area contributed by atoms with Gasteiger partial charge >= 0.3 is 0 Å². The number of benzene rings is 1. The van der Waals surface area contributed by atoms with Gasteiger partial charge in [0.15, 0.2) is 0 Å². The molecule has 0 unspecified atom stereocenters. The van der Waals surface area contributed by atoms with Crippen LogP contribution in [0.4, 0.5) is 0 Å². The highest BCUT2D eigenvalue weighted by Gasteiger charge is 2.13. The van der Waals surface area contributed by atoms with Crippen LogP contribution in [0.2, 0.25) is 0 Å². The van der Waals surface area contributed by atoms with Crippen molar-refractivity contribution >= 4 is 0 Å². The van der Waals surface area contributed by atoms with Crippen LogP contribution in [0.25, 0.3) is 0 Å². The van der Waals surface area contributed by atoms with E-state index in [1.165, 1.54) is 24.0 Å². The second kappa shape index (κ2) is 8.56. The Kier molecular flexibility index (Phi) is 7.87. The first kappa shape index (κ1) is 17.5. The van der Waals surface area contributed by atoms with E-state index in [-0.39, 0.29) is 0 Å². The maximum absolute atomic E-state index is 4.00. The standard InChI is InChI=1S/C14H21N.C2H4.C2H2/c1-14(2,3)9-11-4-5-13-10-15-7-6-12(13)8-11;2*1-2/h4-5,8,15H,6-7,9-10H2,1-3H3;1-2H2;1-2H. The highest BCUT2D eigenvalue weighted by molar-refractivity contribution is 5.34. The second-order valence-electron chi connectivity index (χ2n) is 5.77. The number of nitrogens with one attached hydrogen (secondary N) is 1. The summed E-state index contributed by atoms with van der Waals surface area (Å²) in [6.45, 7) is 15.1. The van der Waals surface area contributed by atoms with Gasteiger partial charge in [0.2, 0.25) is 0 Å². The van der Waals surface area contributed by atoms with Gasteiger partial charge < -0.3 is 5.32 Å². The van der Waals surface area contributed by atoms with E-state index in [0.717, 1.165) is 13.1 Å². The van der Waals surface area contributed by atoms with Gasteiger partial charge in [0.1, 0.15) is 0 Å². The lowest BCUT2D eigenvalue weighted by atomic mass is 9.86. The van der Waals surface area contributed by atoms with Gasteiger partial charge in [-0.3, -0.25) is 0 Å². The zero-order valence-electron chi connectivity index (χ0n) is 12.6. The highest BCUT2D eigenvalue weighted by atomic mass is 14.9. The molecule has 0 aromatic heterocycles. The van der Waals surface area contributed by atoms with Crippen LogP contribution < -0.4 is 5.32 Å². The molecule has 0 radical (unpaired) electrons. The topological polar surface area (TPSA) is 12.0 Å². The molecule has 1 aromatic rings. The fourth-order valence-corrected chi connectivity index (χ4v) is 2.25. The quantitative estimate of drug-likeness (QED) is 0.593. The molecule has 1 N–H and O–H groups in total. The van der Waals surface area contributed by atoms with Crippen molar-refractivity contribution in [3.8, 4) is 12.8 Å². The van der Waals surface area contributed by atoms with Gasteiger partial charge in [-0.25, -0.2) is 0 Å². The lowest BCUT2D eigenvalue weighted by Crippen LogP contribution is -2.23. The molecule has 0 fully saturated rings. The molecule has 1 heteroatoms. The summed E-state index contributed by atoms with van der Waals surface area (Å²) < 4.78 is 0. The lowest BCUT2D eigenvalue weighted by molar-refractivity contribution is 0.411. The zero-order valence-corrected chi connectivity index (χ0v) is 12.6. The van der Waals surface area contributed by atoms with E-state index in [0.29, 0.717) is 5.41 Å². The molecule has 104 valence electrons. The molecule has 1 aliphatic rings. The summed E-state index contributed by atoms with van der Waals surface area (Å²) in [4.78, 5) is 0. The highest BCUT2D eigenvalue weighted by Crippen LogP contribution is 2.23. The van der Waals surface area contributed by atoms with Gasteiger partial charge in [-0.2, -0.15) is 0 Å². The summed E-state index contributed by atoms with van der Waals surface area (Å²) in [5.74, 6) is 0.